The molecular weight excluding hydrogens is 358 g/mol. The van der Waals surface area contributed by atoms with E-state index >= 15 is 0 Å². The Morgan fingerprint density at radius 1 is 1.25 bits per heavy atom. The molecule has 0 aromatic carbocycles. The van der Waals surface area contributed by atoms with Crippen LogP contribution in [-0.4, -0.2) is 51.2 Å². The van der Waals surface area contributed by atoms with Crippen molar-refractivity contribution in [2.75, 3.05) is 19.6 Å². The highest BCUT2D eigenvalue weighted by atomic mass is 16.6. The van der Waals surface area contributed by atoms with Crippen LogP contribution < -0.4 is 5.32 Å². The lowest BCUT2D eigenvalue weighted by molar-refractivity contribution is -0.385. The van der Waals surface area contributed by atoms with Crippen LogP contribution >= 0.6 is 0 Å². The van der Waals surface area contributed by atoms with Crippen LogP contribution in [0.5, 0.6) is 0 Å². The Labute approximate surface area is 168 Å². The third-order valence-electron chi connectivity index (χ3n) is 4.78. The summed E-state index contributed by atoms with van der Waals surface area (Å²) in [6, 6.07) is 0.0736. The second kappa shape index (κ2) is 13.3. The lowest BCUT2D eigenvalue weighted by Gasteiger charge is -2.26. The van der Waals surface area contributed by atoms with Crippen LogP contribution in [0, 0.1) is 17.0 Å². The minimum Gasteiger partial charge on any atom is -0.352 e. The molecule has 8 nitrogen and oxygen atoms in total. The number of carbonyl (C=O) groups is 1. The largest absolute Gasteiger partial charge is 0.352 e. The van der Waals surface area contributed by atoms with Gasteiger partial charge in [0, 0.05) is 25.6 Å². The second-order valence-electron chi connectivity index (χ2n) is 7.55. The molecule has 28 heavy (non-hydrogen) atoms. The number of aryl methyl sites for hydroxylation is 2. The Morgan fingerprint density at radius 2 is 1.86 bits per heavy atom. The predicted octanol–water partition coefficient (Wildman–Crippen LogP) is 3.68. The van der Waals surface area contributed by atoms with E-state index in [-0.39, 0.29) is 24.1 Å². The number of aromatic nitrogens is 2. The van der Waals surface area contributed by atoms with Gasteiger partial charge in [0.05, 0.1) is 4.92 Å². The smallest absolute Gasteiger partial charge is 0.309 e. The van der Waals surface area contributed by atoms with E-state index < -0.39 is 4.92 Å². The van der Waals surface area contributed by atoms with Crippen molar-refractivity contribution < 1.29 is 9.72 Å². The fourth-order valence-electron chi connectivity index (χ4n) is 3.26. The quantitative estimate of drug-likeness (QED) is 0.278. The number of nitrogens with zero attached hydrogens (tertiary/aromatic N) is 4. The van der Waals surface area contributed by atoms with Crippen molar-refractivity contribution in [2.24, 2.45) is 0 Å². The molecule has 160 valence electrons. The Morgan fingerprint density at radius 3 is 2.36 bits per heavy atom. The first-order valence-electron chi connectivity index (χ1n) is 10.6. The monoisotopic (exact) mass is 395 g/mol. The molecule has 1 N–H and O–H groups in total. The van der Waals surface area contributed by atoms with Gasteiger partial charge in [0.1, 0.15) is 11.9 Å². The lowest BCUT2D eigenvalue weighted by Crippen LogP contribution is -2.42. The molecular formula is C20H37N5O3. The van der Waals surface area contributed by atoms with E-state index in [0.717, 1.165) is 19.6 Å². The number of unbranched alkanes of at least 4 members (excludes halogenated alkanes) is 4. The molecule has 0 radical (unpaired) electrons. The molecule has 1 unspecified atom stereocenters. The number of rotatable bonds is 15. The van der Waals surface area contributed by atoms with Crippen LogP contribution in [-0.2, 0) is 11.3 Å². The van der Waals surface area contributed by atoms with E-state index in [0.29, 0.717) is 12.2 Å². The molecule has 0 saturated carbocycles. The van der Waals surface area contributed by atoms with Crippen LogP contribution in [0.2, 0.25) is 0 Å². The maximum absolute atomic E-state index is 12.2. The number of hydrogen-bond acceptors (Lipinski definition) is 5. The molecule has 1 amide bonds. The second-order valence-corrected chi connectivity index (χ2v) is 7.55. The SMILES string of the molecule is CCCCCN(CCCCC)CC(C)NC(=O)CCn1cc([N+](=O)[O-])c(C)n1. The minimum atomic E-state index is -0.452. The van der Waals surface area contributed by atoms with Crippen molar-refractivity contribution >= 4 is 11.6 Å². The molecule has 0 aliphatic carbocycles. The van der Waals surface area contributed by atoms with Crippen LogP contribution in [0.3, 0.4) is 0 Å². The van der Waals surface area contributed by atoms with Crippen molar-refractivity contribution in [3.05, 3.63) is 22.0 Å². The molecule has 0 aliphatic rings. The van der Waals surface area contributed by atoms with Crippen molar-refractivity contribution in [2.45, 2.75) is 85.2 Å². The number of hydrogen-bond donors (Lipinski definition) is 1. The van der Waals surface area contributed by atoms with E-state index in [1.54, 1.807) is 6.92 Å². The molecule has 1 heterocycles. The van der Waals surface area contributed by atoms with Crippen molar-refractivity contribution in [1.82, 2.24) is 20.0 Å². The van der Waals surface area contributed by atoms with Gasteiger partial charge in [-0.05, 0) is 39.8 Å². The molecule has 1 aromatic rings. The minimum absolute atomic E-state index is 0.0106. The fourth-order valence-corrected chi connectivity index (χ4v) is 3.26. The first-order chi connectivity index (χ1) is 13.4. The summed E-state index contributed by atoms with van der Waals surface area (Å²) in [4.78, 5) is 25.1. The van der Waals surface area contributed by atoms with Gasteiger partial charge in [-0.25, -0.2) is 0 Å². The van der Waals surface area contributed by atoms with Gasteiger partial charge >= 0.3 is 5.69 Å². The highest BCUT2D eigenvalue weighted by molar-refractivity contribution is 5.76. The van der Waals surface area contributed by atoms with Gasteiger partial charge < -0.3 is 10.2 Å². The van der Waals surface area contributed by atoms with Crippen LogP contribution in [0.25, 0.3) is 0 Å². The summed E-state index contributed by atoms with van der Waals surface area (Å²) in [7, 11) is 0. The maximum Gasteiger partial charge on any atom is 0.309 e. The molecule has 0 bridgehead atoms. The zero-order chi connectivity index (χ0) is 20.9. The molecule has 1 atom stereocenters. The Hall–Kier alpha value is -1.96. The highest BCUT2D eigenvalue weighted by Crippen LogP contribution is 2.15. The van der Waals surface area contributed by atoms with Gasteiger partial charge in [-0.1, -0.05) is 39.5 Å². The Bertz CT molecular complexity index is 593. The third-order valence-corrected chi connectivity index (χ3v) is 4.78. The molecule has 1 rings (SSSR count). The third kappa shape index (κ3) is 9.30. The first-order valence-corrected chi connectivity index (χ1v) is 10.6. The Balaban J connectivity index is 2.42. The van der Waals surface area contributed by atoms with Crippen molar-refractivity contribution in [1.29, 1.82) is 0 Å². The fraction of sp³-hybridized carbons (Fsp3) is 0.800. The maximum atomic E-state index is 12.2. The normalized spacial score (nSPS) is 12.3. The van der Waals surface area contributed by atoms with Gasteiger partial charge in [-0.15, -0.1) is 0 Å². The summed E-state index contributed by atoms with van der Waals surface area (Å²) >= 11 is 0. The van der Waals surface area contributed by atoms with E-state index in [1.165, 1.54) is 49.4 Å². The van der Waals surface area contributed by atoms with Crippen LogP contribution in [0.15, 0.2) is 6.20 Å². The van der Waals surface area contributed by atoms with Crippen LogP contribution in [0.1, 0.15) is 71.4 Å². The number of nitro groups is 1. The summed E-state index contributed by atoms with van der Waals surface area (Å²) in [5.41, 5.74) is 0.358. The van der Waals surface area contributed by atoms with E-state index in [2.05, 4.69) is 29.2 Å². The number of nitrogens with one attached hydrogen (secondary N) is 1. The predicted molar refractivity (Wildman–Crippen MR) is 111 cm³/mol. The molecule has 0 aliphatic heterocycles. The molecule has 1 aromatic heterocycles. The van der Waals surface area contributed by atoms with E-state index in [9.17, 15) is 14.9 Å². The number of carbonyl (C=O) groups excluding carboxylic acids is 1. The summed E-state index contributed by atoms with van der Waals surface area (Å²) in [5, 5.41) is 18.0. The summed E-state index contributed by atoms with van der Waals surface area (Å²) in [6.45, 7) is 11.4. The number of amides is 1. The topological polar surface area (TPSA) is 93.3 Å². The van der Waals surface area contributed by atoms with Gasteiger partial charge in [0.2, 0.25) is 5.91 Å². The zero-order valence-corrected chi connectivity index (χ0v) is 17.9. The van der Waals surface area contributed by atoms with E-state index in [4.69, 9.17) is 0 Å². The van der Waals surface area contributed by atoms with Crippen molar-refractivity contribution in [3.8, 4) is 0 Å². The molecule has 0 saturated heterocycles. The average molecular weight is 396 g/mol. The summed E-state index contributed by atoms with van der Waals surface area (Å²) in [5.74, 6) is -0.0506. The standard InChI is InChI=1S/C20H37N5O3/c1-5-7-9-12-23(13-10-8-6-2)15-17(3)21-20(26)11-14-24-16-19(25(27)28)18(4)22-24/h16-17H,5-15H2,1-4H3,(H,21,26). The average Bonchev–Trinajstić information content (AvgIpc) is 3.01. The van der Waals surface area contributed by atoms with Crippen molar-refractivity contribution in [3.63, 3.8) is 0 Å². The van der Waals surface area contributed by atoms with Gasteiger partial charge in [0.15, 0.2) is 0 Å². The Kier molecular flexibility index (Phi) is 11.4. The molecule has 8 heteroatoms. The first kappa shape index (κ1) is 24.1. The van der Waals surface area contributed by atoms with Gasteiger partial charge in [-0.2, -0.15) is 5.10 Å². The van der Waals surface area contributed by atoms with Gasteiger partial charge in [-0.3, -0.25) is 19.6 Å². The van der Waals surface area contributed by atoms with Gasteiger partial charge in [0.25, 0.3) is 0 Å². The van der Waals surface area contributed by atoms with E-state index in [1.807, 2.05) is 6.92 Å². The summed E-state index contributed by atoms with van der Waals surface area (Å²) < 4.78 is 1.47. The highest BCUT2D eigenvalue weighted by Gasteiger charge is 2.16. The zero-order valence-electron chi connectivity index (χ0n) is 17.9. The summed E-state index contributed by atoms with van der Waals surface area (Å²) in [6.07, 6.45) is 8.92. The lowest BCUT2D eigenvalue weighted by atomic mass is 10.2. The molecule has 0 spiro atoms. The molecule has 0 fully saturated rings. The van der Waals surface area contributed by atoms with Crippen LogP contribution in [0.4, 0.5) is 5.69 Å².